The summed E-state index contributed by atoms with van der Waals surface area (Å²) in [6.45, 7) is 5.65. The molecule has 1 amide bonds. The van der Waals surface area contributed by atoms with Gasteiger partial charge in [-0.3, -0.25) is 4.79 Å². The van der Waals surface area contributed by atoms with Crippen molar-refractivity contribution in [2.75, 3.05) is 32.9 Å². The van der Waals surface area contributed by atoms with Crippen molar-refractivity contribution in [3.8, 4) is 0 Å². The number of hydrogen-bond donors (Lipinski definition) is 0. The molecule has 1 atom stereocenters. The molecule has 0 radical (unpaired) electrons. The van der Waals surface area contributed by atoms with Crippen molar-refractivity contribution in [1.82, 2.24) is 4.90 Å². The quantitative estimate of drug-likeness (QED) is 0.768. The van der Waals surface area contributed by atoms with E-state index in [9.17, 15) is 4.79 Å². The fourth-order valence-corrected chi connectivity index (χ4v) is 2.90. The molecule has 0 aromatic heterocycles. The van der Waals surface area contributed by atoms with Crippen LogP contribution in [0.5, 0.6) is 0 Å². The molecule has 0 spiro atoms. The SMILES string of the molecule is C[C@H](CC(=O)N1CCOCC1)OCC1CCCCC1. The number of carbonyl (C=O) groups is 1. The molecule has 1 saturated carbocycles. The van der Waals surface area contributed by atoms with Crippen molar-refractivity contribution in [3.05, 3.63) is 0 Å². The molecular formula is C15H27NO3. The van der Waals surface area contributed by atoms with Gasteiger partial charge in [-0.15, -0.1) is 0 Å². The second-order valence-corrected chi connectivity index (χ2v) is 5.85. The first-order valence-electron chi connectivity index (χ1n) is 7.73. The number of ether oxygens (including phenoxy) is 2. The van der Waals surface area contributed by atoms with Crippen LogP contribution in [0.4, 0.5) is 0 Å². The van der Waals surface area contributed by atoms with Gasteiger partial charge in [-0.05, 0) is 25.7 Å². The molecule has 0 aromatic rings. The van der Waals surface area contributed by atoms with E-state index < -0.39 is 0 Å². The Morgan fingerprint density at radius 1 is 1.26 bits per heavy atom. The number of hydrogen-bond acceptors (Lipinski definition) is 3. The van der Waals surface area contributed by atoms with Crippen LogP contribution >= 0.6 is 0 Å². The maximum absolute atomic E-state index is 12.0. The van der Waals surface area contributed by atoms with Crippen molar-refractivity contribution in [2.24, 2.45) is 5.92 Å². The highest BCUT2D eigenvalue weighted by molar-refractivity contribution is 5.76. The first-order valence-corrected chi connectivity index (χ1v) is 7.73. The van der Waals surface area contributed by atoms with E-state index in [1.54, 1.807) is 0 Å². The maximum atomic E-state index is 12.0. The Labute approximate surface area is 116 Å². The summed E-state index contributed by atoms with van der Waals surface area (Å²) in [5, 5.41) is 0. The van der Waals surface area contributed by atoms with Gasteiger partial charge in [0.05, 0.1) is 25.7 Å². The molecule has 4 heteroatoms. The molecule has 4 nitrogen and oxygen atoms in total. The van der Waals surface area contributed by atoms with Gasteiger partial charge in [0.1, 0.15) is 0 Å². The van der Waals surface area contributed by atoms with Gasteiger partial charge < -0.3 is 14.4 Å². The zero-order chi connectivity index (χ0) is 13.5. The third-order valence-corrected chi connectivity index (χ3v) is 4.17. The fraction of sp³-hybridized carbons (Fsp3) is 0.933. The molecule has 0 N–H and O–H groups in total. The second-order valence-electron chi connectivity index (χ2n) is 5.85. The van der Waals surface area contributed by atoms with Crippen LogP contribution in [0, 0.1) is 5.92 Å². The maximum Gasteiger partial charge on any atom is 0.225 e. The number of amides is 1. The lowest BCUT2D eigenvalue weighted by atomic mass is 9.90. The average Bonchev–Trinajstić information content (AvgIpc) is 2.47. The summed E-state index contributed by atoms with van der Waals surface area (Å²) in [6.07, 6.45) is 7.20. The zero-order valence-corrected chi connectivity index (χ0v) is 12.1. The summed E-state index contributed by atoms with van der Waals surface area (Å²) in [4.78, 5) is 13.9. The lowest BCUT2D eigenvalue weighted by Gasteiger charge is -2.28. The lowest BCUT2D eigenvalue weighted by Crippen LogP contribution is -2.41. The Morgan fingerprint density at radius 2 is 1.95 bits per heavy atom. The molecular weight excluding hydrogens is 242 g/mol. The molecule has 1 saturated heterocycles. The molecule has 110 valence electrons. The minimum Gasteiger partial charge on any atom is -0.378 e. The van der Waals surface area contributed by atoms with Crippen LogP contribution in [0.3, 0.4) is 0 Å². The van der Waals surface area contributed by atoms with E-state index >= 15 is 0 Å². The Hall–Kier alpha value is -0.610. The van der Waals surface area contributed by atoms with Crippen LogP contribution in [0.2, 0.25) is 0 Å². The van der Waals surface area contributed by atoms with Crippen molar-refractivity contribution in [2.45, 2.75) is 51.6 Å². The summed E-state index contributed by atoms with van der Waals surface area (Å²) >= 11 is 0. The first-order chi connectivity index (χ1) is 9.25. The Bertz CT molecular complexity index is 271. The van der Waals surface area contributed by atoms with E-state index in [2.05, 4.69) is 0 Å². The zero-order valence-electron chi connectivity index (χ0n) is 12.1. The number of carbonyl (C=O) groups excluding carboxylic acids is 1. The second kappa shape index (κ2) is 7.85. The highest BCUT2D eigenvalue weighted by Crippen LogP contribution is 2.24. The summed E-state index contributed by atoms with van der Waals surface area (Å²) in [5.74, 6) is 0.925. The first kappa shape index (κ1) is 14.8. The topological polar surface area (TPSA) is 38.8 Å². The summed E-state index contributed by atoms with van der Waals surface area (Å²) in [5.41, 5.74) is 0. The molecule has 19 heavy (non-hydrogen) atoms. The van der Waals surface area contributed by atoms with Crippen LogP contribution in [0.25, 0.3) is 0 Å². The molecule has 0 unspecified atom stereocenters. The Morgan fingerprint density at radius 3 is 2.63 bits per heavy atom. The summed E-state index contributed by atoms with van der Waals surface area (Å²) in [6, 6.07) is 0. The van der Waals surface area contributed by atoms with Gasteiger partial charge in [0.15, 0.2) is 0 Å². The number of morpholine rings is 1. The largest absolute Gasteiger partial charge is 0.378 e. The lowest BCUT2D eigenvalue weighted by molar-refractivity contribution is -0.138. The van der Waals surface area contributed by atoms with Crippen molar-refractivity contribution >= 4 is 5.91 Å². The Balaban J connectivity index is 1.62. The highest BCUT2D eigenvalue weighted by atomic mass is 16.5. The molecule has 1 heterocycles. The van der Waals surface area contributed by atoms with Gasteiger partial charge in [0, 0.05) is 19.7 Å². The van der Waals surface area contributed by atoms with Gasteiger partial charge in [0.25, 0.3) is 0 Å². The van der Waals surface area contributed by atoms with Gasteiger partial charge in [-0.25, -0.2) is 0 Å². The fourth-order valence-electron chi connectivity index (χ4n) is 2.90. The van der Waals surface area contributed by atoms with Crippen LogP contribution in [-0.2, 0) is 14.3 Å². The highest BCUT2D eigenvalue weighted by Gasteiger charge is 2.20. The third-order valence-electron chi connectivity index (χ3n) is 4.17. The number of nitrogens with zero attached hydrogens (tertiary/aromatic N) is 1. The van der Waals surface area contributed by atoms with Gasteiger partial charge >= 0.3 is 0 Å². The molecule has 1 aliphatic heterocycles. The molecule has 0 aromatic carbocycles. The van der Waals surface area contributed by atoms with Crippen molar-refractivity contribution in [3.63, 3.8) is 0 Å². The van der Waals surface area contributed by atoms with Crippen LogP contribution in [0.1, 0.15) is 45.4 Å². The average molecular weight is 269 g/mol. The summed E-state index contributed by atoms with van der Waals surface area (Å²) in [7, 11) is 0. The normalized spacial score (nSPS) is 23.3. The van der Waals surface area contributed by atoms with Gasteiger partial charge in [-0.1, -0.05) is 19.3 Å². The van der Waals surface area contributed by atoms with E-state index in [-0.39, 0.29) is 12.0 Å². The predicted octanol–water partition coefficient (Wildman–Crippen LogP) is 2.22. The molecule has 2 aliphatic rings. The standard InChI is InChI=1S/C15H27NO3/c1-13(19-12-14-5-3-2-4-6-14)11-15(17)16-7-9-18-10-8-16/h13-14H,2-12H2,1H3/t13-/m1/s1. The van der Waals surface area contributed by atoms with E-state index in [4.69, 9.17) is 9.47 Å². The molecule has 2 rings (SSSR count). The van der Waals surface area contributed by atoms with Crippen molar-refractivity contribution in [1.29, 1.82) is 0 Å². The third kappa shape index (κ3) is 5.11. The predicted molar refractivity (Wildman–Crippen MR) is 74.0 cm³/mol. The van der Waals surface area contributed by atoms with Crippen molar-refractivity contribution < 1.29 is 14.3 Å². The van der Waals surface area contributed by atoms with Gasteiger partial charge in [0.2, 0.25) is 5.91 Å². The van der Waals surface area contributed by atoms with Crippen LogP contribution in [-0.4, -0.2) is 49.8 Å². The monoisotopic (exact) mass is 269 g/mol. The number of rotatable bonds is 5. The van der Waals surface area contributed by atoms with E-state index in [0.717, 1.165) is 25.6 Å². The minimum atomic E-state index is 0.0391. The van der Waals surface area contributed by atoms with E-state index in [0.29, 0.717) is 19.6 Å². The summed E-state index contributed by atoms with van der Waals surface area (Å²) < 4.78 is 11.1. The van der Waals surface area contributed by atoms with Gasteiger partial charge in [-0.2, -0.15) is 0 Å². The van der Waals surface area contributed by atoms with E-state index in [1.807, 2.05) is 11.8 Å². The molecule has 1 aliphatic carbocycles. The molecule has 2 fully saturated rings. The smallest absolute Gasteiger partial charge is 0.225 e. The van der Waals surface area contributed by atoms with Crippen LogP contribution in [0.15, 0.2) is 0 Å². The van der Waals surface area contributed by atoms with E-state index in [1.165, 1.54) is 32.1 Å². The Kier molecular flexibility index (Phi) is 6.11. The molecule has 0 bridgehead atoms. The minimum absolute atomic E-state index is 0.0391. The van der Waals surface area contributed by atoms with Crippen LogP contribution < -0.4 is 0 Å².